The molecule has 66 valence electrons. The number of nitrogens with two attached hydrogens (primary N) is 1. The van der Waals surface area contributed by atoms with Crippen LogP contribution in [0.3, 0.4) is 0 Å². The highest BCUT2D eigenvalue weighted by atomic mass is 15.1. The lowest BCUT2D eigenvalue weighted by molar-refractivity contribution is 1.12. The van der Waals surface area contributed by atoms with Gasteiger partial charge in [-0.05, 0) is 6.92 Å². The number of hydrogen-bond donors (Lipinski definition) is 1. The van der Waals surface area contributed by atoms with Crippen LogP contribution in [0, 0.1) is 0 Å². The fraction of sp³-hybridized carbons (Fsp3) is 0.125. The summed E-state index contributed by atoms with van der Waals surface area (Å²) in [5.74, 6) is 0.410. The van der Waals surface area contributed by atoms with Gasteiger partial charge in [0.15, 0.2) is 17.0 Å². The maximum absolute atomic E-state index is 5.61. The molecule has 0 spiro atoms. The van der Waals surface area contributed by atoms with Crippen molar-refractivity contribution in [2.75, 3.05) is 5.73 Å². The molecule has 2 heterocycles. The van der Waals surface area contributed by atoms with E-state index in [1.165, 1.54) is 6.33 Å². The molecule has 0 fully saturated rings. The van der Waals surface area contributed by atoms with Crippen molar-refractivity contribution >= 4 is 23.2 Å². The van der Waals surface area contributed by atoms with Gasteiger partial charge in [-0.2, -0.15) is 0 Å². The first-order valence-corrected chi connectivity index (χ1v) is 3.88. The van der Waals surface area contributed by atoms with Crippen LogP contribution in [-0.2, 0) is 0 Å². The first-order chi connectivity index (χ1) is 6.33. The Balaban J connectivity index is 2.75. The Bertz CT molecular complexity index is 457. The summed E-state index contributed by atoms with van der Waals surface area (Å²) in [6.07, 6.45) is 6.86. The summed E-state index contributed by atoms with van der Waals surface area (Å²) in [7, 11) is 0. The van der Waals surface area contributed by atoms with E-state index < -0.39 is 0 Å². The summed E-state index contributed by atoms with van der Waals surface area (Å²) in [4.78, 5) is 12.0. The first kappa shape index (κ1) is 7.72. The normalized spacial score (nSPS) is 11.5. The van der Waals surface area contributed by atoms with E-state index in [0.29, 0.717) is 11.3 Å². The van der Waals surface area contributed by atoms with Gasteiger partial charge in [0.1, 0.15) is 12.7 Å². The van der Waals surface area contributed by atoms with Crippen LogP contribution in [0.25, 0.3) is 17.4 Å². The number of rotatable bonds is 1. The summed E-state index contributed by atoms with van der Waals surface area (Å²) in [6.45, 7) is 1.93. The molecule has 0 saturated carbocycles. The average molecular weight is 175 g/mol. The van der Waals surface area contributed by atoms with Crippen LogP contribution in [0.1, 0.15) is 6.92 Å². The monoisotopic (exact) mass is 175 g/mol. The predicted octanol–water partition coefficient (Wildman–Crippen LogP) is 0.899. The SMILES string of the molecule is C/C=C/n1cnc2c(N)ncnc21. The fourth-order valence-corrected chi connectivity index (χ4v) is 1.14. The maximum Gasteiger partial charge on any atom is 0.169 e. The smallest absolute Gasteiger partial charge is 0.169 e. The number of imidazole rings is 1. The van der Waals surface area contributed by atoms with Crippen LogP contribution in [0.2, 0.25) is 0 Å². The molecule has 0 bridgehead atoms. The van der Waals surface area contributed by atoms with E-state index in [0.717, 1.165) is 5.65 Å². The predicted molar refractivity (Wildman–Crippen MR) is 50.7 cm³/mol. The van der Waals surface area contributed by atoms with Crippen molar-refractivity contribution < 1.29 is 0 Å². The van der Waals surface area contributed by atoms with Crippen molar-refractivity contribution in [2.45, 2.75) is 6.92 Å². The van der Waals surface area contributed by atoms with E-state index in [-0.39, 0.29) is 0 Å². The zero-order valence-electron chi connectivity index (χ0n) is 7.18. The second-order valence-corrected chi connectivity index (χ2v) is 2.57. The standard InChI is InChI=1S/C8H9N5/c1-2-3-13-5-12-6-7(9)10-4-11-8(6)13/h2-5H,1H3,(H2,9,10,11)/b3-2+. The molecule has 0 atom stereocenters. The summed E-state index contributed by atoms with van der Waals surface area (Å²) in [5.41, 5.74) is 6.98. The Labute approximate surface area is 74.9 Å². The largest absolute Gasteiger partial charge is 0.382 e. The van der Waals surface area contributed by atoms with Gasteiger partial charge in [0.05, 0.1) is 0 Å². The van der Waals surface area contributed by atoms with Gasteiger partial charge >= 0.3 is 0 Å². The Morgan fingerprint density at radius 3 is 3.00 bits per heavy atom. The minimum Gasteiger partial charge on any atom is -0.382 e. The van der Waals surface area contributed by atoms with E-state index in [1.807, 2.05) is 19.2 Å². The summed E-state index contributed by atoms with van der Waals surface area (Å²) < 4.78 is 1.80. The molecular weight excluding hydrogens is 166 g/mol. The molecular formula is C8H9N5. The van der Waals surface area contributed by atoms with E-state index in [9.17, 15) is 0 Å². The van der Waals surface area contributed by atoms with Crippen LogP contribution in [0.15, 0.2) is 18.7 Å². The van der Waals surface area contributed by atoms with Crippen molar-refractivity contribution in [1.29, 1.82) is 0 Å². The quantitative estimate of drug-likeness (QED) is 0.699. The van der Waals surface area contributed by atoms with Crippen LogP contribution in [0.4, 0.5) is 5.82 Å². The van der Waals surface area contributed by atoms with Crippen LogP contribution in [0.5, 0.6) is 0 Å². The lowest BCUT2D eigenvalue weighted by Gasteiger charge is -1.94. The van der Waals surface area contributed by atoms with Gasteiger partial charge in [0.2, 0.25) is 0 Å². The lowest BCUT2D eigenvalue weighted by atomic mass is 10.5. The number of aromatic nitrogens is 4. The zero-order valence-corrected chi connectivity index (χ0v) is 7.18. The number of nitrogens with zero attached hydrogens (tertiary/aromatic N) is 4. The van der Waals surface area contributed by atoms with E-state index in [4.69, 9.17) is 5.73 Å². The fourth-order valence-electron chi connectivity index (χ4n) is 1.14. The molecule has 5 heteroatoms. The van der Waals surface area contributed by atoms with Gasteiger partial charge in [0.25, 0.3) is 0 Å². The molecule has 13 heavy (non-hydrogen) atoms. The lowest BCUT2D eigenvalue weighted by Crippen LogP contribution is -1.93. The molecule has 0 aromatic carbocycles. The minimum atomic E-state index is 0.410. The van der Waals surface area contributed by atoms with Gasteiger partial charge in [-0.25, -0.2) is 15.0 Å². The third-order valence-corrected chi connectivity index (χ3v) is 1.70. The maximum atomic E-state index is 5.61. The van der Waals surface area contributed by atoms with Crippen molar-refractivity contribution in [3.63, 3.8) is 0 Å². The van der Waals surface area contributed by atoms with Crippen molar-refractivity contribution in [3.05, 3.63) is 18.7 Å². The van der Waals surface area contributed by atoms with Gasteiger partial charge in [-0.1, -0.05) is 6.08 Å². The summed E-state index contributed by atoms with van der Waals surface area (Å²) in [5, 5.41) is 0. The zero-order chi connectivity index (χ0) is 9.26. The van der Waals surface area contributed by atoms with Crippen LogP contribution >= 0.6 is 0 Å². The summed E-state index contributed by atoms with van der Waals surface area (Å²) >= 11 is 0. The molecule has 0 amide bonds. The van der Waals surface area contributed by atoms with E-state index >= 15 is 0 Å². The Kier molecular flexibility index (Phi) is 1.70. The molecule has 0 saturated heterocycles. The second-order valence-electron chi connectivity index (χ2n) is 2.57. The van der Waals surface area contributed by atoms with Gasteiger partial charge in [-0.15, -0.1) is 0 Å². The molecule has 0 aliphatic carbocycles. The van der Waals surface area contributed by atoms with E-state index in [2.05, 4.69) is 15.0 Å². The third-order valence-electron chi connectivity index (χ3n) is 1.70. The summed E-state index contributed by atoms with van der Waals surface area (Å²) in [6, 6.07) is 0. The van der Waals surface area contributed by atoms with Crippen LogP contribution in [-0.4, -0.2) is 19.5 Å². The number of anilines is 1. The Morgan fingerprint density at radius 2 is 2.23 bits per heavy atom. The van der Waals surface area contributed by atoms with Gasteiger partial charge in [0, 0.05) is 6.20 Å². The van der Waals surface area contributed by atoms with Gasteiger partial charge in [-0.3, -0.25) is 4.57 Å². The van der Waals surface area contributed by atoms with Crippen LogP contribution < -0.4 is 5.73 Å². The Morgan fingerprint density at radius 1 is 1.38 bits per heavy atom. The second kappa shape index (κ2) is 2.85. The molecule has 2 N–H and O–H groups in total. The molecule has 0 aliphatic rings. The minimum absolute atomic E-state index is 0.410. The van der Waals surface area contributed by atoms with Gasteiger partial charge < -0.3 is 5.73 Å². The number of fused-ring (bicyclic) bond motifs is 1. The highest BCUT2D eigenvalue weighted by Crippen LogP contribution is 2.13. The topological polar surface area (TPSA) is 69.6 Å². The highest BCUT2D eigenvalue weighted by Gasteiger charge is 2.04. The number of hydrogen-bond acceptors (Lipinski definition) is 4. The van der Waals surface area contributed by atoms with Crippen molar-refractivity contribution in [1.82, 2.24) is 19.5 Å². The number of nitrogen functional groups attached to an aromatic ring is 1. The Hall–Kier alpha value is -1.91. The number of allylic oxidation sites excluding steroid dienone is 1. The third kappa shape index (κ3) is 1.14. The molecule has 2 rings (SSSR count). The molecule has 2 aromatic heterocycles. The van der Waals surface area contributed by atoms with E-state index in [1.54, 1.807) is 10.9 Å². The molecule has 2 aromatic rings. The molecule has 0 radical (unpaired) electrons. The first-order valence-electron chi connectivity index (χ1n) is 3.88. The molecule has 0 aliphatic heterocycles. The molecule has 0 unspecified atom stereocenters. The van der Waals surface area contributed by atoms with Crippen molar-refractivity contribution in [2.24, 2.45) is 0 Å². The molecule has 5 nitrogen and oxygen atoms in total. The average Bonchev–Trinajstić information content (AvgIpc) is 2.51. The van der Waals surface area contributed by atoms with Crippen molar-refractivity contribution in [3.8, 4) is 0 Å². The highest BCUT2D eigenvalue weighted by molar-refractivity contribution is 5.82.